The summed E-state index contributed by atoms with van der Waals surface area (Å²) in [5.74, 6) is -0.927. The van der Waals surface area contributed by atoms with Crippen LogP contribution in [0.5, 0.6) is 0 Å². The van der Waals surface area contributed by atoms with Gasteiger partial charge in [-0.2, -0.15) is 5.26 Å². The van der Waals surface area contributed by atoms with Gasteiger partial charge < -0.3 is 25.3 Å². The van der Waals surface area contributed by atoms with Gasteiger partial charge in [0, 0.05) is 43.6 Å². The fourth-order valence-corrected chi connectivity index (χ4v) is 6.66. The van der Waals surface area contributed by atoms with Crippen molar-refractivity contribution in [3.63, 3.8) is 0 Å². The normalized spacial score (nSPS) is 31.5. The number of hydrogen-bond donors (Lipinski definition) is 3. The molecule has 2 bridgehead atoms. The van der Waals surface area contributed by atoms with Gasteiger partial charge in [0.25, 0.3) is 11.8 Å². The lowest BCUT2D eigenvalue weighted by Gasteiger charge is -2.41. The number of aliphatic hydroxyl groups is 2. The number of fused-ring (bicyclic) bond motifs is 3. The number of nitrogens with zero attached hydrogens (tertiary/aromatic N) is 3. The van der Waals surface area contributed by atoms with Crippen molar-refractivity contribution >= 4 is 17.5 Å². The Labute approximate surface area is 216 Å². The van der Waals surface area contributed by atoms with Crippen LogP contribution in [0.25, 0.3) is 0 Å². The molecule has 4 aliphatic rings. The van der Waals surface area contributed by atoms with Crippen LogP contribution < -0.4 is 10.2 Å². The van der Waals surface area contributed by atoms with Crippen molar-refractivity contribution in [2.45, 2.75) is 50.5 Å². The number of halogens is 1. The molecule has 1 aromatic rings. The maximum absolute atomic E-state index is 13.7. The maximum Gasteiger partial charge on any atom is 0.254 e. The Morgan fingerprint density at radius 2 is 1.84 bits per heavy atom. The fraction of sp³-hybridized carbons (Fsp3) is 0.536. The van der Waals surface area contributed by atoms with Crippen molar-refractivity contribution in [3.8, 4) is 6.07 Å². The third-order valence-electron chi connectivity index (χ3n) is 8.53. The molecule has 3 aliphatic heterocycles. The van der Waals surface area contributed by atoms with Crippen LogP contribution in [0.1, 0.15) is 31.7 Å². The van der Waals surface area contributed by atoms with Gasteiger partial charge in [0.2, 0.25) is 0 Å². The van der Waals surface area contributed by atoms with Crippen molar-refractivity contribution in [2.75, 3.05) is 24.5 Å². The quantitative estimate of drug-likeness (QED) is 0.539. The van der Waals surface area contributed by atoms with E-state index in [9.17, 15) is 29.5 Å². The van der Waals surface area contributed by atoms with E-state index in [1.807, 2.05) is 24.3 Å². The molecule has 3 fully saturated rings. The summed E-state index contributed by atoms with van der Waals surface area (Å²) < 4.78 is 13.7. The molecule has 0 radical (unpaired) electrons. The molecular formula is C28H33FN4O4. The minimum atomic E-state index is -1.84. The van der Waals surface area contributed by atoms with E-state index in [1.165, 1.54) is 17.0 Å². The standard InChI is InChI=1S/C28H33FN4O4/c1-16-8-22-9-17(10-24(16)33(22)23-7-6-21(29)11-20(23)12-30)13-31-27(36)25(34)26(35)28(37)32-14-18-4-2-3-5-19(18)15-32/h2-7,11,16-19,22,24-26,34-35H,8-10,13-15H2,1H3,(H,31,36)/t16-,17?,18+,19?,22+,24+,25-,26-/m1/s1. The summed E-state index contributed by atoms with van der Waals surface area (Å²) in [7, 11) is 0. The topological polar surface area (TPSA) is 117 Å². The van der Waals surface area contributed by atoms with Crippen LogP contribution in [0.4, 0.5) is 10.1 Å². The minimum absolute atomic E-state index is 0.145. The molecule has 0 aromatic heterocycles. The average Bonchev–Trinajstić information content (AvgIpc) is 3.42. The Morgan fingerprint density at radius 1 is 1.14 bits per heavy atom. The van der Waals surface area contributed by atoms with Gasteiger partial charge in [0.1, 0.15) is 11.9 Å². The number of allylic oxidation sites excluding steroid dienone is 2. The number of nitriles is 1. The molecule has 37 heavy (non-hydrogen) atoms. The van der Waals surface area contributed by atoms with Gasteiger partial charge >= 0.3 is 0 Å². The molecule has 8 atom stereocenters. The Morgan fingerprint density at radius 3 is 2.49 bits per heavy atom. The van der Waals surface area contributed by atoms with E-state index < -0.39 is 29.8 Å². The molecule has 3 saturated heterocycles. The van der Waals surface area contributed by atoms with Gasteiger partial charge in [-0.25, -0.2) is 4.39 Å². The highest BCUT2D eigenvalue weighted by molar-refractivity contribution is 5.90. The second kappa shape index (κ2) is 10.3. The Balaban J connectivity index is 1.16. The van der Waals surface area contributed by atoms with Crippen molar-refractivity contribution in [1.82, 2.24) is 10.2 Å². The Kier molecular flexibility index (Phi) is 7.06. The zero-order valence-electron chi connectivity index (χ0n) is 20.8. The highest BCUT2D eigenvalue weighted by atomic mass is 19.1. The van der Waals surface area contributed by atoms with Gasteiger partial charge in [0.05, 0.1) is 11.3 Å². The minimum Gasteiger partial charge on any atom is -0.380 e. The number of carbonyl (C=O) groups excluding carboxylic acids is 2. The van der Waals surface area contributed by atoms with E-state index in [4.69, 9.17) is 0 Å². The van der Waals surface area contributed by atoms with Crippen molar-refractivity contribution in [2.24, 2.45) is 23.7 Å². The van der Waals surface area contributed by atoms with Crippen LogP contribution in [0.3, 0.4) is 0 Å². The van der Waals surface area contributed by atoms with Crippen LogP contribution in [0.2, 0.25) is 0 Å². The molecule has 8 nitrogen and oxygen atoms in total. The van der Waals surface area contributed by atoms with Crippen LogP contribution in [-0.4, -0.2) is 70.9 Å². The molecule has 1 aromatic carbocycles. The molecule has 2 unspecified atom stereocenters. The first-order chi connectivity index (χ1) is 17.8. The summed E-state index contributed by atoms with van der Waals surface area (Å²) >= 11 is 0. The van der Waals surface area contributed by atoms with Crippen molar-refractivity contribution < 1.29 is 24.2 Å². The monoisotopic (exact) mass is 508 g/mol. The second-order valence-electron chi connectivity index (χ2n) is 10.9. The number of aliphatic hydroxyl groups excluding tert-OH is 2. The zero-order chi connectivity index (χ0) is 26.3. The van der Waals surface area contributed by atoms with E-state index in [0.29, 0.717) is 31.1 Å². The van der Waals surface area contributed by atoms with E-state index >= 15 is 0 Å². The van der Waals surface area contributed by atoms with Crippen molar-refractivity contribution in [1.29, 1.82) is 5.26 Å². The molecule has 3 N–H and O–H groups in total. The number of benzene rings is 1. The van der Waals surface area contributed by atoms with E-state index in [2.05, 4.69) is 23.2 Å². The summed E-state index contributed by atoms with van der Waals surface area (Å²) in [6.07, 6.45) is 6.78. The first-order valence-corrected chi connectivity index (χ1v) is 13.0. The Bertz CT molecular complexity index is 1140. The summed E-state index contributed by atoms with van der Waals surface area (Å²) in [4.78, 5) is 29.1. The van der Waals surface area contributed by atoms with Gasteiger partial charge in [-0.1, -0.05) is 31.2 Å². The number of amides is 2. The van der Waals surface area contributed by atoms with Crippen LogP contribution in [0.15, 0.2) is 42.5 Å². The fourth-order valence-electron chi connectivity index (χ4n) is 6.66. The average molecular weight is 509 g/mol. The number of nitrogens with one attached hydrogen (secondary N) is 1. The molecule has 9 heteroatoms. The lowest BCUT2D eigenvalue weighted by Crippen LogP contribution is -2.52. The lowest BCUT2D eigenvalue weighted by atomic mass is 9.88. The molecule has 0 spiro atoms. The Hall–Kier alpha value is -3.22. The van der Waals surface area contributed by atoms with Crippen LogP contribution in [0, 0.1) is 40.8 Å². The summed E-state index contributed by atoms with van der Waals surface area (Å²) in [5.41, 5.74) is 1.07. The highest BCUT2D eigenvalue weighted by Crippen LogP contribution is 2.45. The second-order valence-corrected chi connectivity index (χ2v) is 10.9. The molecule has 0 saturated carbocycles. The molecule has 3 heterocycles. The van der Waals surface area contributed by atoms with Crippen LogP contribution in [-0.2, 0) is 9.59 Å². The first-order valence-electron chi connectivity index (χ1n) is 13.0. The molecule has 2 amide bonds. The molecule has 1 aliphatic carbocycles. The number of anilines is 1. The lowest BCUT2D eigenvalue weighted by molar-refractivity contribution is -0.152. The van der Waals surface area contributed by atoms with Gasteiger partial charge in [-0.3, -0.25) is 9.59 Å². The van der Waals surface area contributed by atoms with E-state index in [1.54, 1.807) is 6.07 Å². The molecule has 196 valence electrons. The van der Waals surface area contributed by atoms with Gasteiger partial charge in [0.15, 0.2) is 12.2 Å². The summed E-state index contributed by atoms with van der Waals surface area (Å²) in [6, 6.07) is 6.73. The zero-order valence-corrected chi connectivity index (χ0v) is 20.8. The number of piperidine rings is 1. The third kappa shape index (κ3) is 4.88. The summed E-state index contributed by atoms with van der Waals surface area (Å²) in [5, 5.41) is 33.1. The SMILES string of the molecule is C[C@@H]1C[C@H]2CC(CNC(=O)[C@H](O)[C@@H](O)C(=O)N3CC4C=CC=C[C@H]4C3)C[C@@H]1N2c1ccc(F)cc1C#N. The number of hydrogen-bond acceptors (Lipinski definition) is 6. The highest BCUT2D eigenvalue weighted by Gasteiger charge is 2.46. The van der Waals surface area contributed by atoms with Crippen LogP contribution >= 0.6 is 0 Å². The smallest absolute Gasteiger partial charge is 0.254 e. The predicted octanol–water partition coefficient (Wildman–Crippen LogP) is 1.73. The van der Waals surface area contributed by atoms with Gasteiger partial charge in [-0.05, 0) is 49.3 Å². The van der Waals surface area contributed by atoms with E-state index in [-0.39, 0.29) is 29.8 Å². The summed E-state index contributed by atoms with van der Waals surface area (Å²) in [6.45, 7) is 3.40. The molecular weight excluding hydrogens is 475 g/mol. The largest absolute Gasteiger partial charge is 0.380 e. The number of likely N-dealkylation sites (tertiary alicyclic amines) is 1. The molecule has 5 rings (SSSR count). The number of carbonyl (C=O) groups is 2. The van der Waals surface area contributed by atoms with Gasteiger partial charge in [-0.15, -0.1) is 0 Å². The predicted molar refractivity (Wildman–Crippen MR) is 135 cm³/mol. The van der Waals surface area contributed by atoms with Crippen molar-refractivity contribution in [3.05, 3.63) is 53.9 Å². The maximum atomic E-state index is 13.7. The van der Waals surface area contributed by atoms with E-state index in [0.717, 1.165) is 24.9 Å². The first kappa shape index (κ1) is 25.4. The number of rotatable bonds is 6. The third-order valence-corrected chi connectivity index (χ3v) is 8.53.